The standard InChI is InChI=1S/C7H15NOS.CH4/c1-10-5-7(9)6-3-2-4-8-6;/h6-9H,2-5H2,1H3;1H4. The molecule has 68 valence electrons. The minimum absolute atomic E-state index is 0. The van der Waals surface area contributed by atoms with Crippen LogP contribution in [0.3, 0.4) is 0 Å². The maximum atomic E-state index is 9.47. The van der Waals surface area contributed by atoms with E-state index in [1.54, 1.807) is 11.8 Å². The number of rotatable bonds is 3. The Bertz CT molecular complexity index is 94.1. The van der Waals surface area contributed by atoms with Crippen molar-refractivity contribution in [1.82, 2.24) is 5.32 Å². The molecule has 1 rings (SSSR count). The van der Waals surface area contributed by atoms with E-state index in [9.17, 15) is 5.11 Å². The van der Waals surface area contributed by atoms with Gasteiger partial charge in [-0.15, -0.1) is 0 Å². The normalized spacial score (nSPS) is 26.2. The van der Waals surface area contributed by atoms with Crippen molar-refractivity contribution in [2.24, 2.45) is 0 Å². The molecule has 0 saturated carbocycles. The largest absolute Gasteiger partial charge is 0.391 e. The molecule has 0 bridgehead atoms. The van der Waals surface area contributed by atoms with Crippen LogP contribution in [0.1, 0.15) is 20.3 Å². The third-order valence-corrected chi connectivity index (χ3v) is 2.58. The van der Waals surface area contributed by atoms with Crippen molar-refractivity contribution in [2.45, 2.75) is 32.4 Å². The summed E-state index contributed by atoms with van der Waals surface area (Å²) in [5.41, 5.74) is 0. The Labute approximate surface area is 73.8 Å². The van der Waals surface area contributed by atoms with Gasteiger partial charge in [0.1, 0.15) is 0 Å². The van der Waals surface area contributed by atoms with Gasteiger partial charge >= 0.3 is 0 Å². The first-order valence-corrected chi connectivity index (χ1v) is 5.14. The Morgan fingerprint density at radius 3 is 2.91 bits per heavy atom. The first kappa shape index (κ1) is 11.3. The summed E-state index contributed by atoms with van der Waals surface area (Å²) in [6.45, 7) is 1.08. The molecule has 0 amide bonds. The highest BCUT2D eigenvalue weighted by atomic mass is 32.2. The molecule has 3 heteroatoms. The molecule has 1 saturated heterocycles. The lowest BCUT2D eigenvalue weighted by Gasteiger charge is -2.16. The Morgan fingerprint density at radius 1 is 1.73 bits per heavy atom. The lowest BCUT2D eigenvalue weighted by molar-refractivity contribution is 0.159. The first-order valence-electron chi connectivity index (χ1n) is 3.75. The third kappa shape index (κ3) is 3.45. The molecule has 1 fully saturated rings. The molecule has 2 atom stereocenters. The second-order valence-corrected chi connectivity index (χ2v) is 3.64. The Morgan fingerprint density at radius 2 is 2.45 bits per heavy atom. The summed E-state index contributed by atoms with van der Waals surface area (Å²) in [6.07, 6.45) is 4.24. The summed E-state index contributed by atoms with van der Waals surface area (Å²) >= 11 is 1.71. The molecule has 2 unspecified atom stereocenters. The SMILES string of the molecule is C.CSCC(O)C1CCCN1. The Balaban J connectivity index is 0.000001000. The van der Waals surface area contributed by atoms with Gasteiger partial charge in [-0.1, -0.05) is 7.43 Å². The number of hydrogen-bond acceptors (Lipinski definition) is 3. The van der Waals surface area contributed by atoms with Crippen LogP contribution < -0.4 is 5.32 Å². The summed E-state index contributed by atoms with van der Waals surface area (Å²) in [5.74, 6) is 0.859. The van der Waals surface area contributed by atoms with Gasteiger partial charge in [0, 0.05) is 11.8 Å². The molecule has 0 aromatic rings. The molecule has 2 N–H and O–H groups in total. The van der Waals surface area contributed by atoms with Crippen molar-refractivity contribution < 1.29 is 5.11 Å². The van der Waals surface area contributed by atoms with Crippen molar-refractivity contribution in [3.05, 3.63) is 0 Å². The second-order valence-electron chi connectivity index (χ2n) is 2.73. The minimum Gasteiger partial charge on any atom is -0.391 e. The lowest BCUT2D eigenvalue weighted by atomic mass is 10.1. The van der Waals surface area contributed by atoms with Crippen LogP contribution in [0.25, 0.3) is 0 Å². The zero-order chi connectivity index (χ0) is 7.40. The number of hydrogen-bond donors (Lipinski definition) is 2. The van der Waals surface area contributed by atoms with E-state index in [0.29, 0.717) is 6.04 Å². The van der Waals surface area contributed by atoms with Gasteiger partial charge in [-0.2, -0.15) is 11.8 Å². The van der Waals surface area contributed by atoms with E-state index in [1.165, 1.54) is 6.42 Å². The zero-order valence-corrected chi connectivity index (χ0v) is 7.16. The molecule has 1 aliphatic rings. The Kier molecular flexibility index (Phi) is 6.01. The van der Waals surface area contributed by atoms with Gasteiger partial charge in [0.15, 0.2) is 0 Å². The molecule has 1 aliphatic heterocycles. The average molecular weight is 177 g/mol. The van der Waals surface area contributed by atoms with Crippen LogP contribution in [-0.4, -0.2) is 35.8 Å². The third-order valence-electron chi connectivity index (χ3n) is 1.90. The van der Waals surface area contributed by atoms with Gasteiger partial charge in [-0.25, -0.2) is 0 Å². The number of aliphatic hydroxyl groups is 1. The van der Waals surface area contributed by atoms with Crippen molar-refractivity contribution in [3.63, 3.8) is 0 Å². The summed E-state index contributed by atoms with van der Waals surface area (Å²) in [4.78, 5) is 0. The van der Waals surface area contributed by atoms with E-state index < -0.39 is 0 Å². The molecule has 0 radical (unpaired) electrons. The zero-order valence-electron chi connectivity index (χ0n) is 6.34. The highest BCUT2D eigenvalue weighted by Crippen LogP contribution is 2.11. The molecule has 0 aromatic heterocycles. The van der Waals surface area contributed by atoms with E-state index in [-0.39, 0.29) is 13.5 Å². The van der Waals surface area contributed by atoms with Crippen LogP contribution in [0.4, 0.5) is 0 Å². The second kappa shape index (κ2) is 5.86. The van der Waals surface area contributed by atoms with E-state index in [4.69, 9.17) is 0 Å². The van der Waals surface area contributed by atoms with Crippen LogP contribution in [0.15, 0.2) is 0 Å². The fourth-order valence-corrected chi connectivity index (χ4v) is 1.90. The van der Waals surface area contributed by atoms with Crippen molar-refractivity contribution in [3.8, 4) is 0 Å². The highest BCUT2D eigenvalue weighted by molar-refractivity contribution is 7.98. The van der Waals surface area contributed by atoms with Gasteiger partial charge in [-0.3, -0.25) is 0 Å². The Hall–Kier alpha value is 0.270. The molecule has 0 aromatic carbocycles. The van der Waals surface area contributed by atoms with Crippen LogP contribution in [0.2, 0.25) is 0 Å². The van der Waals surface area contributed by atoms with Crippen LogP contribution in [0, 0.1) is 0 Å². The molecule has 11 heavy (non-hydrogen) atoms. The van der Waals surface area contributed by atoms with Crippen LogP contribution in [-0.2, 0) is 0 Å². The van der Waals surface area contributed by atoms with Crippen molar-refractivity contribution in [1.29, 1.82) is 0 Å². The maximum Gasteiger partial charge on any atom is 0.0783 e. The summed E-state index contributed by atoms with van der Waals surface area (Å²) in [6, 6.07) is 0.368. The monoisotopic (exact) mass is 177 g/mol. The van der Waals surface area contributed by atoms with Gasteiger partial charge in [0.25, 0.3) is 0 Å². The topological polar surface area (TPSA) is 32.3 Å². The van der Waals surface area contributed by atoms with E-state index >= 15 is 0 Å². The minimum atomic E-state index is -0.141. The molecular formula is C8H19NOS. The first-order chi connectivity index (χ1) is 4.84. The quantitative estimate of drug-likeness (QED) is 0.677. The van der Waals surface area contributed by atoms with Crippen molar-refractivity contribution in [2.75, 3.05) is 18.6 Å². The molecular weight excluding hydrogens is 158 g/mol. The van der Waals surface area contributed by atoms with E-state index in [1.807, 2.05) is 6.26 Å². The smallest absolute Gasteiger partial charge is 0.0783 e. The van der Waals surface area contributed by atoms with Crippen molar-refractivity contribution >= 4 is 11.8 Å². The molecule has 0 aliphatic carbocycles. The highest BCUT2D eigenvalue weighted by Gasteiger charge is 2.21. The fourth-order valence-electron chi connectivity index (χ4n) is 1.33. The predicted molar refractivity (Wildman–Crippen MR) is 52.1 cm³/mol. The van der Waals surface area contributed by atoms with Gasteiger partial charge < -0.3 is 10.4 Å². The summed E-state index contributed by atoms with van der Waals surface area (Å²) < 4.78 is 0. The predicted octanol–water partition coefficient (Wildman–Crippen LogP) is 1.10. The van der Waals surface area contributed by atoms with Crippen LogP contribution >= 0.6 is 11.8 Å². The van der Waals surface area contributed by atoms with Crippen LogP contribution in [0.5, 0.6) is 0 Å². The molecule has 1 heterocycles. The average Bonchev–Trinajstić information content (AvgIpc) is 2.38. The molecule has 2 nitrogen and oxygen atoms in total. The number of thioether (sulfide) groups is 1. The number of aliphatic hydroxyl groups excluding tert-OH is 1. The fraction of sp³-hybridized carbons (Fsp3) is 1.00. The number of nitrogens with one attached hydrogen (secondary N) is 1. The molecule has 0 spiro atoms. The lowest BCUT2D eigenvalue weighted by Crippen LogP contribution is -2.36. The van der Waals surface area contributed by atoms with Gasteiger partial charge in [-0.05, 0) is 25.6 Å². The van der Waals surface area contributed by atoms with E-state index in [2.05, 4.69) is 5.32 Å². The van der Waals surface area contributed by atoms with Gasteiger partial charge in [0.2, 0.25) is 0 Å². The van der Waals surface area contributed by atoms with Gasteiger partial charge in [0.05, 0.1) is 6.10 Å². The maximum absolute atomic E-state index is 9.47. The summed E-state index contributed by atoms with van der Waals surface area (Å²) in [5, 5.41) is 12.7. The summed E-state index contributed by atoms with van der Waals surface area (Å²) in [7, 11) is 0. The van der Waals surface area contributed by atoms with E-state index in [0.717, 1.165) is 18.7 Å².